The number of nitrogens with zero attached hydrogens (tertiary/aromatic N) is 1. The van der Waals surface area contributed by atoms with E-state index in [0.29, 0.717) is 0 Å². The lowest BCUT2D eigenvalue weighted by atomic mass is 10.3. The van der Waals surface area contributed by atoms with Crippen LogP contribution >= 0.6 is 0 Å². The van der Waals surface area contributed by atoms with Gasteiger partial charge in [-0.15, -0.1) is 0 Å². The van der Waals surface area contributed by atoms with E-state index < -0.39 is 11.9 Å². The number of hydrogen-bond donors (Lipinski definition) is 1. The van der Waals surface area contributed by atoms with E-state index in [1.54, 1.807) is 13.8 Å². The molecule has 0 saturated carbocycles. The largest absolute Gasteiger partial charge is 0.466 e. The first kappa shape index (κ1) is 12.4. The average Bonchev–Trinajstić information content (AvgIpc) is 2.15. The molecule has 0 rings (SSSR count). The second-order valence-electron chi connectivity index (χ2n) is 2.25. The minimum absolute atomic E-state index is 0.153. The third-order valence-electron chi connectivity index (χ3n) is 1.25. The summed E-state index contributed by atoms with van der Waals surface area (Å²) in [6.07, 6.45) is -0.386. The Morgan fingerprint density at radius 2 is 1.79 bits per heavy atom. The van der Waals surface area contributed by atoms with E-state index in [0.717, 1.165) is 0 Å². The molecule has 6 heteroatoms. The fourth-order valence-corrected chi connectivity index (χ4v) is 0.711. The lowest BCUT2D eigenvalue weighted by molar-refractivity contribution is -0.143. The van der Waals surface area contributed by atoms with Crippen LogP contribution in [0.4, 0.5) is 0 Å². The van der Waals surface area contributed by atoms with Gasteiger partial charge in [-0.25, -0.2) is 4.79 Å². The highest BCUT2D eigenvalue weighted by Crippen LogP contribution is 1.94. The van der Waals surface area contributed by atoms with Crippen molar-refractivity contribution in [2.24, 2.45) is 5.16 Å². The molecule has 0 aliphatic carbocycles. The standard InChI is InChI=1S/C8H13NO5/c1-3-13-7(10)5-6(9-12)8(11)14-4-2/h12H,3-5H2,1-2H3/b9-6-. The zero-order chi connectivity index (χ0) is 11.0. The van der Waals surface area contributed by atoms with Crippen LogP contribution in [0.15, 0.2) is 5.16 Å². The van der Waals surface area contributed by atoms with E-state index in [2.05, 4.69) is 14.6 Å². The molecule has 0 heterocycles. The molecule has 1 N–H and O–H groups in total. The van der Waals surface area contributed by atoms with Crippen LogP contribution < -0.4 is 0 Å². The number of carbonyl (C=O) groups is 2. The first-order valence-electron chi connectivity index (χ1n) is 4.19. The van der Waals surface area contributed by atoms with Crippen molar-refractivity contribution in [2.45, 2.75) is 20.3 Å². The molecule has 0 bridgehead atoms. The van der Waals surface area contributed by atoms with Crippen molar-refractivity contribution in [3.05, 3.63) is 0 Å². The molecule has 80 valence electrons. The van der Waals surface area contributed by atoms with Crippen molar-refractivity contribution in [2.75, 3.05) is 13.2 Å². The van der Waals surface area contributed by atoms with Crippen LogP contribution in [0, 0.1) is 0 Å². The van der Waals surface area contributed by atoms with Gasteiger partial charge in [0.2, 0.25) is 0 Å². The van der Waals surface area contributed by atoms with Gasteiger partial charge in [-0.1, -0.05) is 5.16 Å². The van der Waals surface area contributed by atoms with Gasteiger partial charge < -0.3 is 14.7 Å². The Morgan fingerprint density at radius 3 is 2.21 bits per heavy atom. The fraction of sp³-hybridized carbons (Fsp3) is 0.625. The number of hydrogen-bond acceptors (Lipinski definition) is 6. The summed E-state index contributed by atoms with van der Waals surface area (Å²) in [6, 6.07) is 0. The summed E-state index contributed by atoms with van der Waals surface area (Å²) in [4.78, 5) is 21.9. The SMILES string of the molecule is CCOC(=O)C/C(=N/O)C(=O)OCC. The predicted octanol–water partition coefficient (Wildman–Crippen LogP) is 0.333. The molecular weight excluding hydrogens is 190 g/mol. The maximum Gasteiger partial charge on any atom is 0.356 e. The molecule has 0 amide bonds. The zero-order valence-corrected chi connectivity index (χ0v) is 8.15. The molecule has 0 aromatic heterocycles. The molecule has 0 aromatic carbocycles. The smallest absolute Gasteiger partial charge is 0.356 e. The van der Waals surface area contributed by atoms with Gasteiger partial charge in [0.1, 0.15) is 0 Å². The van der Waals surface area contributed by atoms with Crippen molar-refractivity contribution in [1.82, 2.24) is 0 Å². The van der Waals surface area contributed by atoms with E-state index in [1.807, 2.05) is 0 Å². The minimum atomic E-state index is -0.817. The monoisotopic (exact) mass is 203 g/mol. The van der Waals surface area contributed by atoms with E-state index in [-0.39, 0.29) is 25.3 Å². The first-order chi connectivity index (χ1) is 6.65. The van der Waals surface area contributed by atoms with Gasteiger partial charge in [-0.05, 0) is 13.8 Å². The minimum Gasteiger partial charge on any atom is -0.466 e. The summed E-state index contributed by atoms with van der Waals surface area (Å²) in [6.45, 7) is 3.61. The highest BCUT2D eigenvalue weighted by atomic mass is 16.5. The number of carbonyl (C=O) groups excluding carboxylic acids is 2. The van der Waals surface area contributed by atoms with Crippen LogP contribution in [-0.2, 0) is 19.1 Å². The van der Waals surface area contributed by atoms with Crippen LogP contribution in [0.2, 0.25) is 0 Å². The van der Waals surface area contributed by atoms with Gasteiger partial charge in [0.25, 0.3) is 0 Å². The third kappa shape index (κ3) is 4.44. The molecule has 0 radical (unpaired) electrons. The molecule has 0 unspecified atom stereocenters. The Bertz CT molecular complexity index is 236. The average molecular weight is 203 g/mol. The number of oxime groups is 1. The van der Waals surface area contributed by atoms with Crippen LogP contribution in [0.3, 0.4) is 0 Å². The van der Waals surface area contributed by atoms with Crippen LogP contribution in [-0.4, -0.2) is 36.1 Å². The molecule has 0 aliphatic rings. The molecule has 6 nitrogen and oxygen atoms in total. The maximum atomic E-state index is 11.0. The summed E-state index contributed by atoms with van der Waals surface area (Å²) < 4.78 is 9.10. The lowest BCUT2D eigenvalue weighted by Gasteiger charge is -2.03. The number of rotatable bonds is 5. The summed E-state index contributed by atoms with van der Waals surface area (Å²) in [5.74, 6) is -1.45. The maximum absolute atomic E-state index is 11.0. The Morgan fingerprint density at radius 1 is 1.21 bits per heavy atom. The van der Waals surface area contributed by atoms with Crippen LogP contribution in [0.1, 0.15) is 20.3 Å². The molecule has 0 saturated heterocycles. The second kappa shape index (κ2) is 6.88. The molecular formula is C8H13NO5. The van der Waals surface area contributed by atoms with Crippen molar-refractivity contribution in [3.8, 4) is 0 Å². The zero-order valence-electron chi connectivity index (χ0n) is 8.15. The number of esters is 2. The quantitative estimate of drug-likeness (QED) is 0.301. The summed E-state index contributed by atoms with van der Waals surface area (Å²) in [5.41, 5.74) is -0.356. The van der Waals surface area contributed by atoms with Gasteiger partial charge in [0.15, 0.2) is 5.71 Å². The Labute approximate surface area is 81.5 Å². The van der Waals surface area contributed by atoms with Crippen molar-refractivity contribution < 1.29 is 24.3 Å². The van der Waals surface area contributed by atoms with Gasteiger partial charge in [0, 0.05) is 0 Å². The summed E-state index contributed by atoms with van der Waals surface area (Å²) >= 11 is 0. The van der Waals surface area contributed by atoms with E-state index >= 15 is 0 Å². The first-order valence-corrected chi connectivity index (χ1v) is 4.19. The van der Waals surface area contributed by atoms with Gasteiger partial charge in [0.05, 0.1) is 19.6 Å². The number of ether oxygens (including phenoxy) is 2. The Hall–Kier alpha value is -1.59. The van der Waals surface area contributed by atoms with Gasteiger partial charge in [-0.2, -0.15) is 0 Å². The van der Waals surface area contributed by atoms with Crippen molar-refractivity contribution >= 4 is 17.7 Å². The molecule has 0 fully saturated rings. The topological polar surface area (TPSA) is 85.2 Å². The molecule has 0 aliphatic heterocycles. The third-order valence-corrected chi connectivity index (χ3v) is 1.25. The molecule has 0 spiro atoms. The summed E-state index contributed by atoms with van der Waals surface area (Å²) in [5, 5.41) is 11.1. The highest BCUT2D eigenvalue weighted by molar-refractivity contribution is 6.39. The second-order valence-corrected chi connectivity index (χ2v) is 2.25. The van der Waals surface area contributed by atoms with E-state index in [9.17, 15) is 9.59 Å². The van der Waals surface area contributed by atoms with Gasteiger partial charge in [-0.3, -0.25) is 4.79 Å². The molecule has 14 heavy (non-hydrogen) atoms. The Kier molecular flexibility index (Phi) is 6.09. The fourth-order valence-electron chi connectivity index (χ4n) is 0.711. The lowest BCUT2D eigenvalue weighted by Crippen LogP contribution is -2.22. The van der Waals surface area contributed by atoms with Crippen molar-refractivity contribution in [3.63, 3.8) is 0 Å². The molecule has 0 atom stereocenters. The highest BCUT2D eigenvalue weighted by Gasteiger charge is 2.18. The molecule has 0 aromatic rings. The van der Waals surface area contributed by atoms with Gasteiger partial charge >= 0.3 is 11.9 Å². The van der Waals surface area contributed by atoms with E-state index in [1.165, 1.54) is 0 Å². The van der Waals surface area contributed by atoms with Crippen molar-refractivity contribution in [1.29, 1.82) is 0 Å². The summed E-state index contributed by atoms with van der Waals surface area (Å²) in [7, 11) is 0. The van der Waals surface area contributed by atoms with Crippen LogP contribution in [0.5, 0.6) is 0 Å². The Balaban J connectivity index is 4.17. The van der Waals surface area contributed by atoms with Crippen LogP contribution in [0.25, 0.3) is 0 Å². The van der Waals surface area contributed by atoms with E-state index in [4.69, 9.17) is 5.21 Å². The predicted molar refractivity (Wildman–Crippen MR) is 47.1 cm³/mol. The normalized spacial score (nSPS) is 10.9.